The van der Waals surface area contributed by atoms with Crippen molar-refractivity contribution in [1.29, 1.82) is 0 Å². The number of hydrogen-bond acceptors (Lipinski definition) is 2. The molecule has 1 nitrogen and oxygen atoms in total. The van der Waals surface area contributed by atoms with E-state index in [1.54, 1.807) is 11.8 Å². The minimum absolute atomic E-state index is 0.685. The third kappa shape index (κ3) is 7.96. The zero-order valence-corrected chi connectivity index (χ0v) is 12.4. The second-order valence-electron chi connectivity index (χ2n) is 3.93. The molecule has 0 spiro atoms. The monoisotopic (exact) mass is 302 g/mol. The molecule has 0 aliphatic heterocycles. The third-order valence-corrected chi connectivity index (χ3v) is 4.58. The second kappa shape index (κ2) is 7.25. The van der Waals surface area contributed by atoms with Gasteiger partial charge in [-0.05, 0) is 0 Å². The predicted octanol–water partition coefficient (Wildman–Crippen LogP) is 3.08. The van der Waals surface area contributed by atoms with Crippen molar-refractivity contribution in [3.8, 4) is 0 Å². The summed E-state index contributed by atoms with van der Waals surface area (Å²) in [5.74, 6) is 2.53. The van der Waals surface area contributed by atoms with E-state index in [9.17, 15) is 0 Å². The number of thioether (sulfide) groups is 1. The van der Waals surface area contributed by atoms with Crippen molar-refractivity contribution in [2.75, 3.05) is 12.3 Å². The number of rotatable bonds is 4. The molecule has 0 N–H and O–H groups in total. The molecule has 0 atom stereocenters. The fourth-order valence-electron chi connectivity index (χ4n) is 0.716. The van der Waals surface area contributed by atoms with Crippen LogP contribution in [0.2, 0.25) is 0 Å². The van der Waals surface area contributed by atoms with Crippen molar-refractivity contribution in [1.82, 2.24) is 3.46 Å². The molecule has 0 radical (unpaired) electrons. The van der Waals surface area contributed by atoms with Gasteiger partial charge in [0, 0.05) is 0 Å². The van der Waals surface area contributed by atoms with Gasteiger partial charge in [-0.25, -0.2) is 0 Å². The van der Waals surface area contributed by atoms with Gasteiger partial charge in [0.1, 0.15) is 0 Å². The molecular weight excluding hydrogens is 282 g/mol. The quantitative estimate of drug-likeness (QED) is 0.580. The summed E-state index contributed by atoms with van der Waals surface area (Å²) in [4.78, 5) is 0. The molecule has 4 heteroatoms. The van der Waals surface area contributed by atoms with Gasteiger partial charge in [0.2, 0.25) is 0 Å². The zero-order chi connectivity index (χ0) is 10.4. The Morgan fingerprint density at radius 1 is 1.31 bits per heavy atom. The molecule has 0 unspecified atom stereocenters. The summed E-state index contributed by atoms with van der Waals surface area (Å²) in [6.45, 7) is 9.94. The van der Waals surface area contributed by atoms with Gasteiger partial charge in [0.15, 0.2) is 0 Å². The first-order chi connectivity index (χ1) is 5.93. The third-order valence-electron chi connectivity index (χ3n) is 1.27. The molecule has 0 aliphatic carbocycles. The van der Waals surface area contributed by atoms with Crippen LogP contribution in [0.15, 0.2) is 0 Å². The number of hydrogen-bond donors (Lipinski definition) is 0. The molecule has 0 rings (SSSR count). The average molecular weight is 300 g/mol. The van der Waals surface area contributed by atoms with Crippen LogP contribution in [0, 0.1) is 11.8 Å². The van der Waals surface area contributed by atoms with Gasteiger partial charge in [-0.2, -0.15) is 0 Å². The van der Waals surface area contributed by atoms with E-state index in [0.29, 0.717) is 5.92 Å². The normalized spacial score (nSPS) is 10.9. The van der Waals surface area contributed by atoms with Crippen LogP contribution in [0.5, 0.6) is 0 Å². The van der Waals surface area contributed by atoms with Crippen molar-refractivity contribution < 1.29 is 20.1 Å². The molecule has 0 aromatic rings. The fourth-order valence-corrected chi connectivity index (χ4v) is 2.81. The first kappa shape index (κ1) is 13.9. The minimum atomic E-state index is 0.685. The van der Waals surface area contributed by atoms with Gasteiger partial charge in [-0.15, -0.1) is 0 Å². The van der Waals surface area contributed by atoms with E-state index in [0.717, 1.165) is 22.5 Å². The van der Waals surface area contributed by atoms with Crippen molar-refractivity contribution in [3.05, 3.63) is 0 Å². The van der Waals surface area contributed by atoms with E-state index in [2.05, 4.69) is 31.2 Å². The van der Waals surface area contributed by atoms with Crippen LogP contribution in [0.4, 0.5) is 0 Å². The van der Waals surface area contributed by atoms with Gasteiger partial charge < -0.3 is 0 Å². The first-order valence-electron chi connectivity index (χ1n) is 4.55. The first-order valence-corrected chi connectivity index (χ1v) is 6.84. The average Bonchev–Trinajstić information content (AvgIpc) is 1.98. The molecule has 0 saturated heterocycles. The molecule has 13 heavy (non-hydrogen) atoms. The number of nitrogens with zero attached hydrogens (tertiary/aromatic N) is 1. The van der Waals surface area contributed by atoms with Crippen LogP contribution in [-0.4, -0.2) is 20.1 Å². The summed E-state index contributed by atoms with van der Waals surface area (Å²) in [6, 6.07) is 0. The topological polar surface area (TPSA) is 3.24 Å². The summed E-state index contributed by atoms with van der Waals surface area (Å²) in [5.41, 5.74) is 0. The van der Waals surface area contributed by atoms with E-state index >= 15 is 0 Å². The molecule has 0 amide bonds. The van der Waals surface area contributed by atoms with Crippen molar-refractivity contribution in [2.45, 2.75) is 27.7 Å². The molecule has 0 aromatic heterocycles. The van der Waals surface area contributed by atoms with Crippen LogP contribution in [0.25, 0.3) is 0 Å². The van der Waals surface area contributed by atoms with Gasteiger partial charge in [-0.1, -0.05) is 0 Å². The fraction of sp³-hybridized carbons (Fsp3) is 0.889. The Morgan fingerprint density at radius 3 is 2.23 bits per heavy atom. The van der Waals surface area contributed by atoms with E-state index in [-0.39, 0.29) is 0 Å². The van der Waals surface area contributed by atoms with E-state index in [4.69, 9.17) is 12.2 Å². The summed E-state index contributed by atoms with van der Waals surface area (Å²) in [5, 5.41) is 0. The standard InChI is InChI=1S/C9H19NS2.Mo/c1-7(2)5-10-9(11)12-6-8(3)4;/h7-8H,5-6H2,1-4H3,(H,10,11);/q;+1/p-1. The van der Waals surface area contributed by atoms with Crippen LogP contribution < -0.4 is 0 Å². The van der Waals surface area contributed by atoms with Crippen LogP contribution in [0.1, 0.15) is 27.7 Å². The summed E-state index contributed by atoms with van der Waals surface area (Å²) >= 11 is 9.10. The molecule has 0 heterocycles. The molecule has 0 saturated carbocycles. The maximum atomic E-state index is 5.30. The summed E-state index contributed by atoms with van der Waals surface area (Å²) in [6.07, 6.45) is 0. The Bertz CT molecular complexity index is 160. The maximum absolute atomic E-state index is 5.30. The van der Waals surface area contributed by atoms with Gasteiger partial charge in [0.25, 0.3) is 0 Å². The van der Waals surface area contributed by atoms with Gasteiger partial charge in [0.05, 0.1) is 0 Å². The van der Waals surface area contributed by atoms with Crippen LogP contribution >= 0.6 is 24.0 Å². The zero-order valence-electron chi connectivity index (χ0n) is 8.74. The van der Waals surface area contributed by atoms with Crippen molar-refractivity contribution in [3.63, 3.8) is 0 Å². The molecule has 0 fully saturated rings. The molecule has 77 valence electrons. The molecule has 0 aliphatic rings. The Morgan fingerprint density at radius 2 is 1.85 bits per heavy atom. The Hall–Kier alpha value is 0.928. The van der Waals surface area contributed by atoms with E-state index < -0.39 is 0 Å². The van der Waals surface area contributed by atoms with Crippen LogP contribution in [0.3, 0.4) is 0 Å². The van der Waals surface area contributed by atoms with Crippen molar-refractivity contribution in [2.24, 2.45) is 11.8 Å². The summed E-state index contributed by atoms with van der Waals surface area (Å²) < 4.78 is 3.22. The Kier molecular flexibility index (Phi) is 7.77. The molecular formula is C9H18MoNS2. The Labute approximate surface area is 103 Å². The van der Waals surface area contributed by atoms with E-state index in [1.807, 2.05) is 20.1 Å². The number of thiocarbonyl (C=S) groups is 1. The van der Waals surface area contributed by atoms with E-state index in [1.165, 1.54) is 0 Å². The molecule has 0 aromatic carbocycles. The van der Waals surface area contributed by atoms with Crippen molar-refractivity contribution >= 4 is 28.3 Å². The summed E-state index contributed by atoms with van der Waals surface area (Å²) in [7, 11) is 0. The van der Waals surface area contributed by atoms with Gasteiger partial charge >= 0.3 is 104 Å². The molecule has 0 bridgehead atoms. The van der Waals surface area contributed by atoms with Crippen LogP contribution in [-0.2, 0) is 20.1 Å². The predicted molar refractivity (Wildman–Crippen MR) is 61.4 cm³/mol. The van der Waals surface area contributed by atoms with Gasteiger partial charge in [-0.3, -0.25) is 0 Å². The SMILES string of the molecule is CC(C)CSC(=S)[N]([Mo])CC(C)C. The second-order valence-corrected chi connectivity index (χ2v) is 6.66. The Balaban J connectivity index is 3.69.